The highest BCUT2D eigenvalue weighted by atomic mass is 16.3. The molecule has 7 heteroatoms. The van der Waals surface area contributed by atoms with Gasteiger partial charge < -0.3 is 26.2 Å². The number of allylic oxidation sites excluding steroid dienone is 1. The summed E-state index contributed by atoms with van der Waals surface area (Å²) in [4.78, 5) is 24.3. The molecule has 0 aromatic rings. The first kappa shape index (κ1) is 26.0. The standard InChI is InChI=1S/C21H30O5.C6H13NO/c1-19-7-5-13(23)9-12(19)3-4-14-15-6-8-21(26,17(25)11-22)20(15,2)10-16(24)18(14)19;7-5-1-3-6(8)4-2-5/h9,14-16,18,22,24,26H,3-8,10-11H2,1-2H3;5-6,8H,1-4,7H2/t14-,15-,16-,18+,19-,20-,21-;/m0./s1. The second kappa shape index (κ2) is 9.40. The van der Waals surface area contributed by atoms with Gasteiger partial charge in [-0.25, -0.2) is 0 Å². The summed E-state index contributed by atoms with van der Waals surface area (Å²) in [6, 6.07) is 0.360. The van der Waals surface area contributed by atoms with Gasteiger partial charge in [0.05, 0.1) is 12.2 Å². The van der Waals surface area contributed by atoms with Crippen molar-refractivity contribution in [1.29, 1.82) is 0 Å². The normalized spacial score (nSPS) is 48.0. The molecule has 0 saturated heterocycles. The molecule has 34 heavy (non-hydrogen) atoms. The van der Waals surface area contributed by atoms with Crippen molar-refractivity contribution in [3.05, 3.63) is 11.6 Å². The lowest BCUT2D eigenvalue weighted by Crippen LogP contribution is -2.62. The molecule has 192 valence electrons. The van der Waals surface area contributed by atoms with Crippen molar-refractivity contribution >= 4 is 11.6 Å². The summed E-state index contributed by atoms with van der Waals surface area (Å²) in [5.41, 5.74) is 4.35. The predicted molar refractivity (Wildman–Crippen MR) is 128 cm³/mol. The summed E-state index contributed by atoms with van der Waals surface area (Å²) in [5, 5.41) is 40.7. The Hall–Kier alpha value is -1.12. The van der Waals surface area contributed by atoms with Crippen LogP contribution in [0.1, 0.15) is 84.5 Å². The molecule has 0 radical (unpaired) electrons. The minimum atomic E-state index is -1.54. The zero-order valence-corrected chi connectivity index (χ0v) is 20.7. The second-order valence-electron chi connectivity index (χ2n) is 12.1. The van der Waals surface area contributed by atoms with E-state index in [1.54, 1.807) is 6.08 Å². The molecular formula is C27H43NO6. The van der Waals surface area contributed by atoms with Crippen LogP contribution in [0.4, 0.5) is 0 Å². The number of carbonyl (C=O) groups excluding carboxylic acids is 2. The highest BCUT2D eigenvalue weighted by Crippen LogP contribution is 2.67. The van der Waals surface area contributed by atoms with Crippen LogP contribution >= 0.6 is 0 Å². The second-order valence-corrected chi connectivity index (χ2v) is 12.1. The first-order chi connectivity index (χ1) is 16.0. The van der Waals surface area contributed by atoms with E-state index in [-0.39, 0.29) is 35.1 Å². The fourth-order valence-electron chi connectivity index (χ4n) is 8.38. The predicted octanol–water partition coefficient (Wildman–Crippen LogP) is 2.03. The van der Waals surface area contributed by atoms with E-state index in [1.165, 1.54) is 5.57 Å². The summed E-state index contributed by atoms with van der Waals surface area (Å²) >= 11 is 0. The molecule has 7 atom stereocenters. The van der Waals surface area contributed by atoms with Crippen LogP contribution in [0.15, 0.2) is 11.6 Å². The summed E-state index contributed by atoms with van der Waals surface area (Å²) in [6.07, 6.45) is 9.48. The van der Waals surface area contributed by atoms with Crippen molar-refractivity contribution in [3.8, 4) is 0 Å². The maximum absolute atomic E-state index is 12.4. The molecule has 0 heterocycles. The lowest BCUT2D eigenvalue weighted by Gasteiger charge is -2.60. The van der Waals surface area contributed by atoms with Crippen LogP contribution in [0.25, 0.3) is 0 Å². The number of rotatable bonds is 2. The van der Waals surface area contributed by atoms with Crippen LogP contribution < -0.4 is 5.73 Å². The van der Waals surface area contributed by atoms with Crippen LogP contribution in [0.3, 0.4) is 0 Å². The maximum Gasteiger partial charge on any atom is 0.190 e. The minimum Gasteiger partial charge on any atom is -0.393 e. The molecule has 5 aliphatic rings. The smallest absolute Gasteiger partial charge is 0.190 e. The monoisotopic (exact) mass is 477 g/mol. The highest BCUT2D eigenvalue weighted by Gasteiger charge is 2.68. The van der Waals surface area contributed by atoms with Crippen molar-refractivity contribution in [1.82, 2.24) is 0 Å². The van der Waals surface area contributed by atoms with E-state index >= 15 is 0 Å². The Kier molecular flexibility index (Phi) is 7.17. The van der Waals surface area contributed by atoms with E-state index in [0.717, 1.165) is 51.4 Å². The van der Waals surface area contributed by atoms with Gasteiger partial charge in [-0.2, -0.15) is 0 Å². The van der Waals surface area contributed by atoms with E-state index < -0.39 is 29.5 Å². The molecule has 4 fully saturated rings. The maximum atomic E-state index is 12.4. The molecule has 0 aromatic heterocycles. The van der Waals surface area contributed by atoms with Gasteiger partial charge in [-0.05, 0) is 93.5 Å². The lowest BCUT2D eigenvalue weighted by molar-refractivity contribution is -0.182. The van der Waals surface area contributed by atoms with E-state index in [1.807, 2.05) is 6.92 Å². The van der Waals surface area contributed by atoms with Gasteiger partial charge in [0.2, 0.25) is 0 Å². The molecule has 5 aliphatic carbocycles. The third-order valence-corrected chi connectivity index (χ3v) is 10.4. The van der Waals surface area contributed by atoms with Gasteiger partial charge >= 0.3 is 0 Å². The third-order valence-electron chi connectivity index (χ3n) is 10.4. The third kappa shape index (κ3) is 4.11. The first-order valence-corrected chi connectivity index (χ1v) is 13.2. The Balaban J connectivity index is 0.000000291. The van der Waals surface area contributed by atoms with Crippen molar-refractivity contribution in [3.63, 3.8) is 0 Å². The quantitative estimate of drug-likeness (QED) is 0.410. The Morgan fingerprint density at radius 2 is 1.74 bits per heavy atom. The number of ketones is 2. The van der Waals surface area contributed by atoms with Gasteiger partial charge in [0.1, 0.15) is 12.2 Å². The molecule has 5 rings (SSSR count). The van der Waals surface area contributed by atoms with Crippen LogP contribution in [-0.4, -0.2) is 62.5 Å². The van der Waals surface area contributed by atoms with Crippen molar-refractivity contribution < 1.29 is 30.0 Å². The molecule has 7 nitrogen and oxygen atoms in total. The lowest BCUT2D eigenvalue weighted by atomic mass is 9.45. The number of Topliss-reactive ketones (excluding diaryl/α,β-unsaturated/α-hetero) is 1. The number of fused-ring (bicyclic) bond motifs is 5. The molecule has 0 aliphatic heterocycles. The number of hydrogen-bond acceptors (Lipinski definition) is 7. The molecular weight excluding hydrogens is 434 g/mol. The first-order valence-electron chi connectivity index (χ1n) is 13.2. The van der Waals surface area contributed by atoms with Gasteiger partial charge in [0, 0.05) is 17.9 Å². The highest BCUT2D eigenvalue weighted by molar-refractivity contribution is 5.91. The van der Waals surface area contributed by atoms with E-state index in [2.05, 4.69) is 6.92 Å². The Morgan fingerprint density at radius 3 is 2.35 bits per heavy atom. The molecule has 0 aromatic carbocycles. The van der Waals surface area contributed by atoms with E-state index in [4.69, 9.17) is 10.8 Å². The average molecular weight is 478 g/mol. The van der Waals surface area contributed by atoms with Crippen molar-refractivity contribution in [2.24, 2.45) is 34.3 Å². The Bertz CT molecular complexity index is 825. The Labute approximate surface area is 202 Å². The minimum absolute atomic E-state index is 0.0604. The average Bonchev–Trinajstić information content (AvgIpc) is 3.07. The van der Waals surface area contributed by atoms with Crippen LogP contribution in [-0.2, 0) is 9.59 Å². The van der Waals surface area contributed by atoms with Gasteiger partial charge in [-0.1, -0.05) is 19.4 Å². The fourth-order valence-corrected chi connectivity index (χ4v) is 8.38. The van der Waals surface area contributed by atoms with Gasteiger partial charge in [-0.15, -0.1) is 0 Å². The number of carbonyl (C=O) groups is 2. The van der Waals surface area contributed by atoms with Gasteiger partial charge in [0.25, 0.3) is 0 Å². The number of aliphatic hydroxyl groups excluding tert-OH is 3. The van der Waals surface area contributed by atoms with Crippen LogP contribution in [0, 0.1) is 28.6 Å². The van der Waals surface area contributed by atoms with Gasteiger partial charge in [-0.3, -0.25) is 9.59 Å². The van der Waals surface area contributed by atoms with E-state index in [0.29, 0.717) is 25.3 Å². The number of aliphatic hydroxyl groups is 4. The fraction of sp³-hybridized carbons (Fsp3) is 0.852. The van der Waals surface area contributed by atoms with E-state index in [9.17, 15) is 24.9 Å². The zero-order valence-electron chi connectivity index (χ0n) is 20.7. The summed E-state index contributed by atoms with van der Waals surface area (Å²) in [7, 11) is 0. The topological polar surface area (TPSA) is 141 Å². The summed E-state index contributed by atoms with van der Waals surface area (Å²) < 4.78 is 0. The molecule has 4 saturated carbocycles. The molecule has 0 spiro atoms. The Morgan fingerprint density at radius 1 is 1.06 bits per heavy atom. The van der Waals surface area contributed by atoms with Crippen LogP contribution in [0.2, 0.25) is 0 Å². The van der Waals surface area contributed by atoms with Gasteiger partial charge in [0.15, 0.2) is 11.6 Å². The molecule has 0 bridgehead atoms. The zero-order chi connectivity index (χ0) is 24.9. The number of nitrogens with two attached hydrogens (primary N) is 1. The largest absolute Gasteiger partial charge is 0.393 e. The molecule has 0 unspecified atom stereocenters. The van der Waals surface area contributed by atoms with Crippen molar-refractivity contribution in [2.75, 3.05) is 6.61 Å². The number of hydrogen-bond donors (Lipinski definition) is 5. The summed E-state index contributed by atoms with van der Waals surface area (Å²) in [6.45, 7) is 3.46. The van der Waals surface area contributed by atoms with Crippen LogP contribution in [0.5, 0.6) is 0 Å². The summed E-state index contributed by atoms with van der Waals surface area (Å²) in [5.74, 6) is 0.140. The SMILES string of the molecule is C[C@]12CCC(=O)C=C1CC[C@@H]1[C@@H]2[C@@H](O)C[C@@]2(C)[C@H]1CC[C@]2(O)C(=O)CO.NC1CCC(O)CC1. The van der Waals surface area contributed by atoms with Crippen molar-refractivity contribution in [2.45, 2.75) is 108 Å². The molecule has 6 N–H and O–H groups in total. The molecule has 0 amide bonds.